The number of nitrogens with one attached hydrogen (secondary N) is 1. The number of nitrogens with zero attached hydrogens (tertiary/aromatic N) is 1. The van der Waals surface area contributed by atoms with Gasteiger partial charge in [-0.25, -0.2) is 4.39 Å². The Balaban J connectivity index is 1.87. The van der Waals surface area contributed by atoms with Crippen LogP contribution in [0.15, 0.2) is 24.4 Å². The van der Waals surface area contributed by atoms with Crippen LogP contribution in [0.3, 0.4) is 0 Å². The molecular formula is C15H14ClFN2O3. The zero-order valence-corrected chi connectivity index (χ0v) is 12.4. The van der Waals surface area contributed by atoms with Crippen LogP contribution in [-0.4, -0.2) is 47.2 Å². The molecule has 0 atom stereocenters. The van der Waals surface area contributed by atoms with Gasteiger partial charge in [0.05, 0.1) is 18.2 Å². The second-order valence-electron chi connectivity index (χ2n) is 4.99. The topological polar surface area (TPSA) is 65.6 Å². The zero-order valence-electron chi connectivity index (χ0n) is 11.6. The van der Waals surface area contributed by atoms with E-state index in [0.717, 1.165) is 6.07 Å². The van der Waals surface area contributed by atoms with Crippen LogP contribution in [0.5, 0.6) is 5.75 Å². The minimum Gasteiger partial charge on any atom is -0.506 e. The third-order valence-electron chi connectivity index (χ3n) is 3.56. The second-order valence-corrected chi connectivity index (χ2v) is 5.40. The predicted octanol–water partition coefficient (Wildman–Crippen LogP) is 2.65. The number of hydrogen-bond acceptors (Lipinski definition) is 3. The van der Waals surface area contributed by atoms with Gasteiger partial charge in [0.15, 0.2) is 0 Å². The number of ether oxygens (including phenoxy) is 1. The first-order valence-corrected chi connectivity index (χ1v) is 7.18. The number of aromatic nitrogens is 1. The van der Waals surface area contributed by atoms with Crippen molar-refractivity contribution in [2.45, 2.75) is 0 Å². The number of H-pyrrole nitrogens is 1. The zero-order chi connectivity index (χ0) is 15.7. The maximum absolute atomic E-state index is 13.9. The fourth-order valence-corrected chi connectivity index (χ4v) is 2.53. The molecule has 2 N–H and O–H groups in total. The van der Waals surface area contributed by atoms with Crippen LogP contribution in [0.1, 0.15) is 10.5 Å². The molecule has 7 heteroatoms. The number of benzene rings is 1. The number of phenols is 1. The number of hydrogen-bond donors (Lipinski definition) is 2. The van der Waals surface area contributed by atoms with Crippen molar-refractivity contribution in [3.8, 4) is 16.9 Å². The van der Waals surface area contributed by atoms with Crippen molar-refractivity contribution in [3.63, 3.8) is 0 Å². The highest BCUT2D eigenvalue weighted by Crippen LogP contribution is 2.32. The Morgan fingerprint density at radius 3 is 2.77 bits per heavy atom. The Kier molecular flexibility index (Phi) is 4.04. The van der Waals surface area contributed by atoms with Crippen LogP contribution in [0.25, 0.3) is 11.1 Å². The lowest BCUT2D eigenvalue weighted by molar-refractivity contribution is 0.0299. The molecule has 0 bridgehead atoms. The predicted molar refractivity (Wildman–Crippen MR) is 79.6 cm³/mol. The summed E-state index contributed by atoms with van der Waals surface area (Å²) in [6, 6.07) is 3.86. The summed E-state index contributed by atoms with van der Waals surface area (Å²) in [5.74, 6) is -1.07. The van der Waals surface area contributed by atoms with Crippen LogP contribution >= 0.6 is 11.6 Å². The van der Waals surface area contributed by atoms with Gasteiger partial charge in [-0.1, -0.05) is 11.6 Å². The molecule has 3 rings (SSSR count). The Morgan fingerprint density at radius 1 is 1.32 bits per heavy atom. The lowest BCUT2D eigenvalue weighted by Crippen LogP contribution is -2.40. The van der Waals surface area contributed by atoms with Crippen LogP contribution in [-0.2, 0) is 4.74 Å². The summed E-state index contributed by atoms with van der Waals surface area (Å²) in [6.45, 7) is 2.10. The number of phenolic OH excluding ortho intramolecular Hbond substituents is 1. The first-order chi connectivity index (χ1) is 10.6. The lowest BCUT2D eigenvalue weighted by atomic mass is 10.1. The van der Waals surface area contributed by atoms with Crippen molar-refractivity contribution in [2.24, 2.45) is 0 Å². The molecule has 5 nitrogen and oxygen atoms in total. The first-order valence-electron chi connectivity index (χ1n) is 6.80. The van der Waals surface area contributed by atoms with Gasteiger partial charge in [0.1, 0.15) is 17.3 Å². The van der Waals surface area contributed by atoms with E-state index in [9.17, 15) is 14.3 Å². The minimum absolute atomic E-state index is 0.0543. The average Bonchev–Trinajstić information content (AvgIpc) is 3.00. The smallest absolute Gasteiger partial charge is 0.270 e. The maximum Gasteiger partial charge on any atom is 0.270 e. The first kappa shape index (κ1) is 14.9. The van der Waals surface area contributed by atoms with Crippen molar-refractivity contribution >= 4 is 17.5 Å². The molecule has 0 unspecified atom stereocenters. The van der Waals surface area contributed by atoms with E-state index in [0.29, 0.717) is 37.6 Å². The molecule has 0 radical (unpaired) electrons. The monoisotopic (exact) mass is 324 g/mol. The molecule has 1 fully saturated rings. The highest BCUT2D eigenvalue weighted by Gasteiger charge is 2.20. The van der Waals surface area contributed by atoms with Crippen molar-refractivity contribution < 1.29 is 19.0 Å². The summed E-state index contributed by atoms with van der Waals surface area (Å²) in [6.07, 6.45) is 1.54. The van der Waals surface area contributed by atoms with Gasteiger partial charge in [0.2, 0.25) is 0 Å². The largest absolute Gasteiger partial charge is 0.506 e. The van der Waals surface area contributed by atoms with Crippen molar-refractivity contribution in [2.75, 3.05) is 26.3 Å². The number of aromatic amines is 1. The van der Waals surface area contributed by atoms with Crippen LogP contribution in [0.4, 0.5) is 4.39 Å². The quantitative estimate of drug-likeness (QED) is 0.892. The molecule has 1 saturated heterocycles. The van der Waals surface area contributed by atoms with E-state index in [1.54, 1.807) is 17.2 Å². The summed E-state index contributed by atoms with van der Waals surface area (Å²) in [7, 11) is 0. The summed E-state index contributed by atoms with van der Waals surface area (Å²) >= 11 is 5.81. The van der Waals surface area contributed by atoms with Gasteiger partial charge in [-0.15, -0.1) is 0 Å². The highest BCUT2D eigenvalue weighted by molar-refractivity contribution is 6.32. The summed E-state index contributed by atoms with van der Waals surface area (Å²) in [5, 5.41) is 9.44. The van der Waals surface area contributed by atoms with Crippen molar-refractivity contribution in [1.82, 2.24) is 9.88 Å². The van der Waals surface area contributed by atoms with E-state index >= 15 is 0 Å². The molecule has 1 aromatic heterocycles. The summed E-state index contributed by atoms with van der Waals surface area (Å²) in [5.41, 5.74) is 1.09. The van der Waals surface area contributed by atoms with E-state index in [-0.39, 0.29) is 22.2 Å². The third-order valence-corrected chi connectivity index (χ3v) is 3.86. The van der Waals surface area contributed by atoms with Crippen LogP contribution in [0, 0.1) is 5.82 Å². The minimum atomic E-state index is -0.605. The molecule has 0 aliphatic carbocycles. The fourth-order valence-electron chi connectivity index (χ4n) is 2.37. The van der Waals surface area contributed by atoms with Gasteiger partial charge in [0.25, 0.3) is 5.91 Å². The Hall–Kier alpha value is -2.05. The maximum atomic E-state index is 13.9. The van der Waals surface area contributed by atoms with E-state index < -0.39 is 5.82 Å². The van der Waals surface area contributed by atoms with E-state index in [2.05, 4.69) is 4.98 Å². The number of amides is 1. The van der Waals surface area contributed by atoms with E-state index in [1.807, 2.05) is 0 Å². The normalized spacial score (nSPS) is 15.1. The molecular weight excluding hydrogens is 311 g/mol. The fraction of sp³-hybridized carbons (Fsp3) is 0.267. The van der Waals surface area contributed by atoms with Gasteiger partial charge in [-0.05, 0) is 12.1 Å². The standard InChI is InChI=1S/C15H14ClFN2O3/c16-11-6-10(12(17)7-14(11)20)9-5-13(18-8-9)15(21)19-1-3-22-4-2-19/h5-8,18,20H,1-4H2. The number of aromatic hydroxyl groups is 1. The Morgan fingerprint density at radius 2 is 2.05 bits per heavy atom. The Labute approximate surface area is 131 Å². The van der Waals surface area contributed by atoms with E-state index in [1.165, 1.54) is 6.07 Å². The molecule has 0 saturated carbocycles. The SMILES string of the molecule is O=C(c1cc(-c2cc(Cl)c(O)cc2F)c[nH]1)N1CCOCC1. The molecule has 2 aromatic rings. The van der Waals surface area contributed by atoms with Crippen molar-refractivity contribution in [3.05, 3.63) is 40.9 Å². The van der Waals surface area contributed by atoms with Gasteiger partial charge in [-0.2, -0.15) is 0 Å². The number of morpholine rings is 1. The Bertz CT molecular complexity index is 711. The van der Waals surface area contributed by atoms with Gasteiger partial charge >= 0.3 is 0 Å². The molecule has 1 aliphatic heterocycles. The number of rotatable bonds is 2. The molecule has 0 spiro atoms. The molecule has 1 amide bonds. The molecule has 22 heavy (non-hydrogen) atoms. The van der Waals surface area contributed by atoms with Gasteiger partial charge in [0, 0.05) is 36.5 Å². The molecule has 1 aliphatic rings. The number of carbonyl (C=O) groups is 1. The number of halogens is 2. The van der Waals surface area contributed by atoms with Crippen LogP contribution in [0.2, 0.25) is 5.02 Å². The number of carbonyl (C=O) groups excluding carboxylic acids is 1. The van der Waals surface area contributed by atoms with Crippen LogP contribution < -0.4 is 0 Å². The van der Waals surface area contributed by atoms with Gasteiger partial charge < -0.3 is 19.7 Å². The second kappa shape index (κ2) is 5.98. The summed E-state index contributed by atoms with van der Waals surface area (Å²) in [4.78, 5) is 16.9. The molecule has 2 heterocycles. The molecule has 116 valence electrons. The highest BCUT2D eigenvalue weighted by atomic mass is 35.5. The lowest BCUT2D eigenvalue weighted by Gasteiger charge is -2.26. The molecule has 1 aromatic carbocycles. The van der Waals surface area contributed by atoms with Gasteiger partial charge in [-0.3, -0.25) is 4.79 Å². The average molecular weight is 325 g/mol. The third kappa shape index (κ3) is 2.80. The summed E-state index contributed by atoms with van der Waals surface area (Å²) < 4.78 is 19.1. The van der Waals surface area contributed by atoms with Crippen molar-refractivity contribution in [1.29, 1.82) is 0 Å². The van der Waals surface area contributed by atoms with E-state index in [4.69, 9.17) is 16.3 Å².